The SMILES string of the molecule is COc1ccc(S(=O)(=O)N(CC(=O)N[C@@H]2CCCc3ccccc32)c2ccccc2)cc1OC. The number of nitrogens with one attached hydrogen (secondary N) is 1. The van der Waals surface area contributed by atoms with Gasteiger partial charge in [-0.25, -0.2) is 8.42 Å². The molecule has 0 radical (unpaired) electrons. The molecule has 4 rings (SSSR count). The Morgan fingerprint density at radius 3 is 2.41 bits per heavy atom. The highest BCUT2D eigenvalue weighted by molar-refractivity contribution is 7.92. The molecule has 178 valence electrons. The average molecular weight is 481 g/mol. The van der Waals surface area contributed by atoms with E-state index in [1.54, 1.807) is 30.3 Å². The van der Waals surface area contributed by atoms with Crippen LogP contribution in [0.1, 0.15) is 30.0 Å². The highest BCUT2D eigenvalue weighted by Gasteiger charge is 2.30. The molecule has 0 saturated heterocycles. The number of carbonyl (C=O) groups is 1. The minimum atomic E-state index is -4.07. The van der Waals surface area contributed by atoms with Crippen molar-refractivity contribution in [2.24, 2.45) is 0 Å². The van der Waals surface area contributed by atoms with Crippen molar-refractivity contribution in [1.29, 1.82) is 0 Å². The molecule has 0 saturated carbocycles. The summed E-state index contributed by atoms with van der Waals surface area (Å²) in [6.45, 7) is -0.348. The molecular formula is C26H28N2O5S. The lowest BCUT2D eigenvalue weighted by Crippen LogP contribution is -2.42. The monoisotopic (exact) mass is 480 g/mol. The quantitative estimate of drug-likeness (QED) is 0.525. The first kappa shape index (κ1) is 23.6. The summed E-state index contributed by atoms with van der Waals surface area (Å²) in [5.74, 6) is 0.343. The van der Waals surface area contributed by atoms with Gasteiger partial charge in [-0.1, -0.05) is 42.5 Å². The smallest absolute Gasteiger partial charge is 0.264 e. The van der Waals surface area contributed by atoms with E-state index in [0.29, 0.717) is 17.2 Å². The Balaban J connectivity index is 1.63. The Morgan fingerprint density at radius 2 is 1.68 bits per heavy atom. The second-order valence-corrected chi connectivity index (χ2v) is 9.94. The number of para-hydroxylation sites is 1. The Hall–Kier alpha value is -3.52. The summed E-state index contributed by atoms with van der Waals surface area (Å²) in [6, 6.07) is 20.9. The van der Waals surface area contributed by atoms with Crippen LogP contribution in [0.5, 0.6) is 11.5 Å². The van der Waals surface area contributed by atoms with Crippen LogP contribution in [0.25, 0.3) is 0 Å². The van der Waals surface area contributed by atoms with Crippen molar-refractivity contribution in [3.05, 3.63) is 83.9 Å². The molecule has 0 heterocycles. The van der Waals surface area contributed by atoms with Gasteiger partial charge < -0.3 is 14.8 Å². The Labute approximate surface area is 200 Å². The molecule has 1 aliphatic rings. The third kappa shape index (κ3) is 4.87. The third-order valence-electron chi connectivity index (χ3n) is 5.98. The van der Waals surface area contributed by atoms with Crippen LogP contribution in [0.2, 0.25) is 0 Å². The normalized spacial score (nSPS) is 15.2. The van der Waals surface area contributed by atoms with Gasteiger partial charge in [0.25, 0.3) is 10.0 Å². The summed E-state index contributed by atoms with van der Waals surface area (Å²) in [6.07, 6.45) is 2.76. The van der Waals surface area contributed by atoms with Crippen molar-refractivity contribution in [1.82, 2.24) is 5.32 Å². The van der Waals surface area contributed by atoms with Crippen LogP contribution in [-0.2, 0) is 21.2 Å². The van der Waals surface area contributed by atoms with E-state index in [9.17, 15) is 13.2 Å². The number of sulfonamides is 1. The van der Waals surface area contributed by atoms with Gasteiger partial charge in [0.2, 0.25) is 5.91 Å². The number of amides is 1. The molecule has 0 bridgehead atoms. The van der Waals surface area contributed by atoms with Gasteiger partial charge in [-0.2, -0.15) is 0 Å². The molecule has 0 aromatic heterocycles. The fourth-order valence-corrected chi connectivity index (χ4v) is 5.72. The van der Waals surface area contributed by atoms with Crippen molar-refractivity contribution < 1.29 is 22.7 Å². The molecule has 1 N–H and O–H groups in total. The molecule has 0 aliphatic heterocycles. The number of anilines is 1. The summed E-state index contributed by atoms with van der Waals surface area (Å²) in [5.41, 5.74) is 2.71. The maximum Gasteiger partial charge on any atom is 0.264 e. The zero-order valence-corrected chi connectivity index (χ0v) is 20.0. The van der Waals surface area contributed by atoms with E-state index in [1.807, 2.05) is 18.2 Å². The molecule has 0 unspecified atom stereocenters. The summed E-state index contributed by atoms with van der Waals surface area (Å²) in [4.78, 5) is 13.1. The number of aryl methyl sites for hydroxylation is 1. The molecule has 1 amide bonds. The molecule has 7 nitrogen and oxygen atoms in total. The lowest BCUT2D eigenvalue weighted by Gasteiger charge is -2.29. The number of fused-ring (bicyclic) bond motifs is 1. The third-order valence-corrected chi connectivity index (χ3v) is 7.75. The fourth-order valence-electron chi connectivity index (χ4n) is 4.29. The Bertz CT molecular complexity index is 1260. The van der Waals surface area contributed by atoms with E-state index in [1.165, 1.54) is 38.0 Å². The zero-order chi connectivity index (χ0) is 24.1. The topological polar surface area (TPSA) is 84.9 Å². The van der Waals surface area contributed by atoms with Gasteiger partial charge in [-0.05, 0) is 54.7 Å². The summed E-state index contributed by atoms with van der Waals surface area (Å²) >= 11 is 0. The predicted octanol–water partition coefficient (Wildman–Crippen LogP) is 4.09. The molecule has 0 fully saturated rings. The van der Waals surface area contributed by atoms with E-state index < -0.39 is 10.0 Å². The van der Waals surface area contributed by atoms with Crippen LogP contribution < -0.4 is 19.1 Å². The maximum absolute atomic E-state index is 13.7. The molecular weight excluding hydrogens is 452 g/mol. The minimum absolute atomic E-state index is 0.00446. The minimum Gasteiger partial charge on any atom is -0.493 e. The van der Waals surface area contributed by atoms with Crippen LogP contribution in [-0.4, -0.2) is 35.1 Å². The lowest BCUT2D eigenvalue weighted by molar-refractivity contribution is -0.120. The second kappa shape index (κ2) is 10.2. The van der Waals surface area contributed by atoms with Gasteiger partial charge in [-0.3, -0.25) is 9.10 Å². The van der Waals surface area contributed by atoms with E-state index in [4.69, 9.17) is 9.47 Å². The Kier molecular flexibility index (Phi) is 7.07. The van der Waals surface area contributed by atoms with E-state index in [2.05, 4.69) is 11.4 Å². The molecule has 3 aromatic carbocycles. The van der Waals surface area contributed by atoms with Gasteiger partial charge in [0.15, 0.2) is 11.5 Å². The summed E-state index contributed by atoms with van der Waals surface area (Å²) in [5, 5.41) is 3.05. The number of ether oxygens (including phenoxy) is 2. The van der Waals surface area contributed by atoms with Crippen molar-refractivity contribution in [3.63, 3.8) is 0 Å². The molecule has 1 atom stereocenters. The van der Waals surface area contributed by atoms with Crippen LogP contribution in [0.4, 0.5) is 5.69 Å². The van der Waals surface area contributed by atoms with Crippen molar-refractivity contribution in [2.75, 3.05) is 25.1 Å². The number of hydrogen-bond donors (Lipinski definition) is 1. The van der Waals surface area contributed by atoms with Crippen molar-refractivity contribution >= 4 is 21.6 Å². The molecule has 1 aliphatic carbocycles. The number of hydrogen-bond acceptors (Lipinski definition) is 5. The van der Waals surface area contributed by atoms with Gasteiger partial charge in [0.1, 0.15) is 6.54 Å². The van der Waals surface area contributed by atoms with E-state index >= 15 is 0 Å². The van der Waals surface area contributed by atoms with Gasteiger partial charge >= 0.3 is 0 Å². The van der Waals surface area contributed by atoms with Crippen LogP contribution in [0, 0.1) is 0 Å². The number of methoxy groups -OCH3 is 2. The first-order chi connectivity index (χ1) is 16.4. The Morgan fingerprint density at radius 1 is 0.971 bits per heavy atom. The van der Waals surface area contributed by atoms with Gasteiger partial charge in [0.05, 0.1) is 30.8 Å². The predicted molar refractivity (Wildman–Crippen MR) is 131 cm³/mol. The number of rotatable bonds is 8. The van der Waals surface area contributed by atoms with E-state index in [-0.39, 0.29) is 23.4 Å². The first-order valence-electron chi connectivity index (χ1n) is 11.1. The molecule has 34 heavy (non-hydrogen) atoms. The summed E-state index contributed by atoms with van der Waals surface area (Å²) in [7, 11) is -1.15. The second-order valence-electron chi connectivity index (χ2n) is 8.08. The highest BCUT2D eigenvalue weighted by atomic mass is 32.2. The van der Waals surface area contributed by atoms with Crippen molar-refractivity contribution in [3.8, 4) is 11.5 Å². The molecule has 8 heteroatoms. The number of nitrogens with zero attached hydrogens (tertiary/aromatic N) is 1. The van der Waals surface area contributed by atoms with Crippen molar-refractivity contribution in [2.45, 2.75) is 30.2 Å². The van der Waals surface area contributed by atoms with Gasteiger partial charge in [0, 0.05) is 6.07 Å². The largest absolute Gasteiger partial charge is 0.493 e. The maximum atomic E-state index is 13.7. The van der Waals surface area contributed by atoms with Crippen LogP contribution >= 0.6 is 0 Å². The zero-order valence-electron chi connectivity index (χ0n) is 19.2. The lowest BCUT2D eigenvalue weighted by atomic mass is 9.88. The summed E-state index contributed by atoms with van der Waals surface area (Å²) < 4.78 is 39.0. The standard InChI is InChI=1S/C26H28N2O5S/c1-32-24-16-15-21(17-25(24)33-2)34(30,31)28(20-11-4-3-5-12-20)18-26(29)27-23-14-8-10-19-9-6-7-13-22(19)23/h3-7,9,11-13,15-17,23H,8,10,14,18H2,1-2H3,(H,27,29)/t23-/m1/s1. The highest BCUT2D eigenvalue weighted by Crippen LogP contribution is 2.33. The fraction of sp³-hybridized carbons (Fsp3) is 0.269. The van der Waals surface area contributed by atoms with Crippen LogP contribution in [0.15, 0.2) is 77.7 Å². The van der Waals surface area contributed by atoms with E-state index in [0.717, 1.165) is 29.1 Å². The van der Waals surface area contributed by atoms with Gasteiger partial charge in [-0.15, -0.1) is 0 Å². The molecule has 3 aromatic rings. The average Bonchev–Trinajstić information content (AvgIpc) is 2.87. The molecule has 0 spiro atoms. The number of carbonyl (C=O) groups excluding carboxylic acids is 1. The number of benzene rings is 3. The first-order valence-corrected chi connectivity index (χ1v) is 12.5. The van der Waals surface area contributed by atoms with Crippen LogP contribution in [0.3, 0.4) is 0 Å².